The molecule has 3 aliphatic rings. The smallest absolute Gasteiger partial charge is 0.238 e. The van der Waals surface area contributed by atoms with E-state index in [2.05, 4.69) is 15.2 Å². The molecule has 1 N–H and O–H groups in total. The van der Waals surface area contributed by atoms with Crippen LogP contribution in [0.3, 0.4) is 0 Å². The maximum atomic E-state index is 15.0. The highest BCUT2D eigenvalue weighted by Gasteiger charge is 2.61. The predicted octanol–water partition coefficient (Wildman–Crippen LogP) is 4.07. The molecule has 33 heavy (non-hydrogen) atoms. The molecule has 0 bridgehead atoms. The van der Waals surface area contributed by atoms with Gasteiger partial charge in [-0.3, -0.25) is 14.7 Å². The molecule has 8 heteroatoms. The molecule has 1 spiro atoms. The van der Waals surface area contributed by atoms with Crippen molar-refractivity contribution in [2.45, 2.75) is 56.5 Å². The molecule has 0 radical (unpaired) electrons. The van der Waals surface area contributed by atoms with Crippen LogP contribution < -0.4 is 9.64 Å². The quantitative estimate of drug-likeness (QED) is 0.636. The Morgan fingerprint density at radius 1 is 1.18 bits per heavy atom. The molecule has 3 heterocycles. The number of aromatic amines is 1. The van der Waals surface area contributed by atoms with Gasteiger partial charge in [0.25, 0.3) is 0 Å². The molecule has 2 fully saturated rings. The third-order valence-corrected chi connectivity index (χ3v) is 7.50. The number of nitrogens with one attached hydrogen (secondary N) is 1. The maximum Gasteiger partial charge on any atom is 0.238 e. The fourth-order valence-electron chi connectivity index (χ4n) is 5.78. The average Bonchev–Trinajstić information content (AvgIpc) is 3.36. The van der Waals surface area contributed by atoms with Crippen molar-refractivity contribution in [3.63, 3.8) is 0 Å². The highest BCUT2D eigenvalue weighted by atomic mass is 19.1. The van der Waals surface area contributed by atoms with Crippen molar-refractivity contribution in [3.8, 4) is 5.88 Å². The van der Waals surface area contributed by atoms with Crippen LogP contribution in [0, 0.1) is 11.7 Å². The van der Waals surface area contributed by atoms with Crippen molar-refractivity contribution in [2.75, 3.05) is 11.4 Å². The minimum atomic E-state index is -0.974. The second-order valence-electron chi connectivity index (χ2n) is 9.51. The highest BCUT2D eigenvalue weighted by Crippen LogP contribution is 2.55. The van der Waals surface area contributed by atoms with Crippen LogP contribution in [0.4, 0.5) is 10.1 Å². The molecule has 0 atom stereocenters. The Morgan fingerprint density at radius 2 is 2.00 bits per heavy atom. The molecule has 2 saturated carbocycles. The van der Waals surface area contributed by atoms with Crippen LogP contribution in [0.5, 0.6) is 5.88 Å². The van der Waals surface area contributed by atoms with Crippen LogP contribution in [0.15, 0.2) is 36.5 Å². The van der Waals surface area contributed by atoms with Gasteiger partial charge in [-0.1, -0.05) is 25.3 Å². The number of benzene rings is 1. The van der Waals surface area contributed by atoms with E-state index in [9.17, 15) is 9.59 Å². The molecule has 2 aromatic heterocycles. The number of ketones is 1. The summed E-state index contributed by atoms with van der Waals surface area (Å²) in [6, 6.07) is 8.35. The van der Waals surface area contributed by atoms with Crippen LogP contribution >= 0.6 is 0 Å². The van der Waals surface area contributed by atoms with Gasteiger partial charge >= 0.3 is 0 Å². The number of nitrogens with zero attached hydrogens (tertiary/aromatic N) is 3. The zero-order valence-corrected chi connectivity index (χ0v) is 18.2. The van der Waals surface area contributed by atoms with Crippen LogP contribution in [0.1, 0.15) is 50.5 Å². The van der Waals surface area contributed by atoms with Crippen molar-refractivity contribution < 1.29 is 18.7 Å². The molecule has 1 aromatic carbocycles. The van der Waals surface area contributed by atoms with E-state index in [0.717, 1.165) is 37.6 Å². The van der Waals surface area contributed by atoms with Crippen molar-refractivity contribution in [3.05, 3.63) is 47.9 Å². The van der Waals surface area contributed by atoms with E-state index in [0.29, 0.717) is 35.5 Å². The minimum Gasteiger partial charge on any atom is -0.474 e. The maximum absolute atomic E-state index is 15.0. The van der Waals surface area contributed by atoms with Gasteiger partial charge in [0.2, 0.25) is 11.8 Å². The van der Waals surface area contributed by atoms with Crippen LogP contribution in [0.25, 0.3) is 11.0 Å². The van der Waals surface area contributed by atoms with Crippen LogP contribution in [-0.2, 0) is 15.0 Å². The number of halogens is 1. The van der Waals surface area contributed by atoms with Crippen LogP contribution in [0.2, 0.25) is 0 Å². The number of hydrogen-bond acceptors (Lipinski definition) is 5. The summed E-state index contributed by atoms with van der Waals surface area (Å²) in [6.45, 7) is 0.0198. The monoisotopic (exact) mass is 448 g/mol. The molecule has 170 valence electrons. The van der Waals surface area contributed by atoms with E-state index in [1.807, 2.05) is 6.07 Å². The number of amides is 1. The molecule has 1 aliphatic heterocycles. The zero-order chi connectivity index (χ0) is 22.6. The normalized spacial score (nSPS) is 24.8. The Morgan fingerprint density at radius 3 is 2.82 bits per heavy atom. The van der Waals surface area contributed by atoms with Gasteiger partial charge in [-0.25, -0.2) is 9.37 Å². The lowest BCUT2D eigenvalue weighted by molar-refractivity contribution is -0.132. The number of fused-ring (bicyclic) bond motifs is 3. The van der Waals surface area contributed by atoms with Gasteiger partial charge in [-0.15, -0.1) is 0 Å². The summed E-state index contributed by atoms with van der Waals surface area (Å²) in [5.74, 6) is -0.0523. The van der Waals surface area contributed by atoms with E-state index >= 15 is 4.39 Å². The molecule has 2 aliphatic carbocycles. The summed E-state index contributed by atoms with van der Waals surface area (Å²) >= 11 is 0. The Kier molecular flexibility index (Phi) is 4.71. The molecule has 3 aromatic rings. The number of Topliss-reactive ketones (excluding diaryl/α,β-unsaturated/α-hetero) is 1. The number of rotatable bonds is 5. The van der Waals surface area contributed by atoms with Crippen molar-refractivity contribution >= 4 is 28.4 Å². The number of hydrogen-bond donors (Lipinski definition) is 1. The lowest BCUT2D eigenvalue weighted by atomic mass is 9.63. The largest absolute Gasteiger partial charge is 0.474 e. The van der Waals surface area contributed by atoms with Crippen molar-refractivity contribution in [1.82, 2.24) is 15.2 Å². The SMILES string of the molecule is O=C(CN1C(=O)C2(CC(Oc3ccc4[nH]ncc4n3)C2)c2c(F)cccc21)C1CCCCC1. The standard InChI is InChI=1S/C25H25FN4O3/c26-17-7-4-8-20-23(17)25(24(32)30(20)14-21(31)15-5-2-1-3-6-15)11-16(12-25)33-22-10-9-18-19(28-22)13-27-29-18/h4,7-10,13,15-16H,1-3,5-6,11-12,14H2,(H,27,29). The number of aromatic nitrogens is 3. The molecular formula is C25H25FN4O3. The summed E-state index contributed by atoms with van der Waals surface area (Å²) in [5, 5.41) is 6.81. The second kappa shape index (κ2) is 7.64. The van der Waals surface area contributed by atoms with Gasteiger partial charge < -0.3 is 9.64 Å². The first-order valence-electron chi connectivity index (χ1n) is 11.7. The molecule has 6 rings (SSSR count). The molecule has 7 nitrogen and oxygen atoms in total. The van der Waals surface area contributed by atoms with Crippen molar-refractivity contribution in [2.24, 2.45) is 5.92 Å². The summed E-state index contributed by atoms with van der Waals surface area (Å²) in [4.78, 5) is 32.5. The molecular weight excluding hydrogens is 423 g/mol. The van der Waals surface area contributed by atoms with Crippen molar-refractivity contribution in [1.29, 1.82) is 0 Å². The molecule has 0 saturated heterocycles. The first-order valence-corrected chi connectivity index (χ1v) is 11.7. The zero-order valence-electron chi connectivity index (χ0n) is 18.2. The van der Waals surface area contributed by atoms with E-state index in [-0.39, 0.29) is 30.3 Å². The Bertz CT molecular complexity index is 1240. The third-order valence-electron chi connectivity index (χ3n) is 7.50. The van der Waals surface area contributed by atoms with Gasteiger partial charge in [0, 0.05) is 30.4 Å². The van der Waals surface area contributed by atoms with E-state index < -0.39 is 11.2 Å². The van der Waals surface area contributed by atoms with E-state index in [1.54, 1.807) is 24.4 Å². The first kappa shape index (κ1) is 20.3. The number of carbonyl (C=O) groups is 2. The van der Waals surface area contributed by atoms with Gasteiger partial charge in [0.1, 0.15) is 17.4 Å². The van der Waals surface area contributed by atoms with E-state index in [1.165, 1.54) is 11.0 Å². The fourth-order valence-corrected chi connectivity index (χ4v) is 5.78. The topological polar surface area (TPSA) is 88.2 Å². The Balaban J connectivity index is 1.23. The predicted molar refractivity (Wildman–Crippen MR) is 120 cm³/mol. The van der Waals surface area contributed by atoms with E-state index in [4.69, 9.17) is 4.74 Å². The fraction of sp³-hybridized carbons (Fsp3) is 0.440. The van der Waals surface area contributed by atoms with Gasteiger partial charge in [-0.2, -0.15) is 5.10 Å². The summed E-state index contributed by atoms with van der Waals surface area (Å²) < 4.78 is 21.0. The summed E-state index contributed by atoms with van der Waals surface area (Å²) in [6.07, 6.45) is 7.11. The highest BCUT2D eigenvalue weighted by molar-refractivity contribution is 6.11. The molecule has 0 unspecified atom stereocenters. The third kappa shape index (κ3) is 3.22. The van der Waals surface area contributed by atoms with Gasteiger partial charge in [0.15, 0.2) is 5.78 Å². The molecule has 1 amide bonds. The lowest BCUT2D eigenvalue weighted by Crippen LogP contribution is -2.54. The van der Waals surface area contributed by atoms with Gasteiger partial charge in [-0.05, 0) is 31.0 Å². The number of ether oxygens (including phenoxy) is 1. The summed E-state index contributed by atoms with van der Waals surface area (Å²) in [7, 11) is 0. The number of H-pyrrole nitrogens is 1. The number of anilines is 1. The second-order valence-corrected chi connectivity index (χ2v) is 9.51. The lowest BCUT2D eigenvalue weighted by Gasteiger charge is -2.43. The number of carbonyl (C=O) groups excluding carboxylic acids is 2. The summed E-state index contributed by atoms with van der Waals surface area (Å²) in [5.41, 5.74) is 1.47. The van der Waals surface area contributed by atoms with Gasteiger partial charge in [0.05, 0.1) is 29.4 Å². The van der Waals surface area contributed by atoms with Crippen LogP contribution in [-0.4, -0.2) is 39.5 Å². The average molecular weight is 448 g/mol. The number of pyridine rings is 1. The Labute approximate surface area is 190 Å². The minimum absolute atomic E-state index is 0.00138. The Hall–Kier alpha value is -3.29. The first-order chi connectivity index (χ1) is 16.0.